The fourth-order valence-corrected chi connectivity index (χ4v) is 3.59. The Kier molecular flexibility index (Phi) is 17.4. The number of carboxylic acid groups (broad SMARTS) is 1. The van der Waals surface area contributed by atoms with Gasteiger partial charge < -0.3 is 14.4 Å². The number of hydrogen-bond donors (Lipinski definition) is 0. The predicted molar refractivity (Wildman–Crippen MR) is 111 cm³/mol. The first-order valence-corrected chi connectivity index (χ1v) is 11.5. The molecule has 26 heavy (non-hydrogen) atoms. The van der Waals surface area contributed by atoms with Gasteiger partial charge in [0.05, 0.1) is 27.2 Å². The molecule has 0 aromatic heterocycles. The Morgan fingerprint density at radius 2 is 0.962 bits per heavy atom. The summed E-state index contributed by atoms with van der Waals surface area (Å²) in [5, 5.41) is 10.5. The molecule has 0 radical (unpaired) electrons. The molecule has 0 bridgehead atoms. The summed E-state index contributed by atoms with van der Waals surface area (Å²) < 4.78 is 0.798. The van der Waals surface area contributed by atoms with Crippen molar-refractivity contribution in [2.45, 2.75) is 116 Å². The summed E-state index contributed by atoms with van der Waals surface area (Å²) in [6.07, 6.45) is 22.4. The van der Waals surface area contributed by atoms with E-state index in [1.165, 1.54) is 103 Å². The molecule has 0 rings (SSSR count). The normalized spacial score (nSPS) is 11.8. The van der Waals surface area contributed by atoms with Gasteiger partial charge in [0, 0.05) is 12.4 Å². The number of hydrogen-bond acceptors (Lipinski definition) is 2. The fourth-order valence-electron chi connectivity index (χ4n) is 3.59. The highest BCUT2D eigenvalue weighted by Gasteiger charge is 2.13. The van der Waals surface area contributed by atoms with E-state index >= 15 is 0 Å². The fraction of sp³-hybridized carbons (Fsp3) is 0.957. The summed E-state index contributed by atoms with van der Waals surface area (Å²) >= 11 is 0. The third-order valence-corrected chi connectivity index (χ3v) is 5.54. The number of nitrogens with zero attached hydrogens (tertiary/aromatic N) is 1. The second-order valence-corrected chi connectivity index (χ2v) is 8.81. The first-order chi connectivity index (χ1) is 12.5. The Labute approximate surface area is 164 Å². The van der Waals surface area contributed by atoms with Crippen LogP contribution in [0.2, 0.25) is 0 Å². The highest BCUT2D eigenvalue weighted by atomic mass is 16.4. The molecule has 0 aromatic carbocycles. The van der Waals surface area contributed by atoms with Crippen molar-refractivity contribution in [3.05, 3.63) is 0 Å². The molecule has 0 amide bonds. The lowest BCUT2D eigenvalue weighted by Crippen LogP contribution is -2.43. The molecular weight excluding hydrogens is 322 g/mol. The van der Waals surface area contributed by atoms with E-state index in [0.717, 1.165) is 11.0 Å². The minimum Gasteiger partial charge on any atom is -0.550 e. The summed E-state index contributed by atoms with van der Waals surface area (Å²) in [4.78, 5) is 10.5. The number of carbonyl (C=O) groups is 1. The second-order valence-electron chi connectivity index (χ2n) is 8.81. The molecule has 0 atom stereocenters. The molecule has 0 heterocycles. The molecule has 0 N–H and O–H groups in total. The van der Waals surface area contributed by atoms with Crippen LogP contribution in [0.3, 0.4) is 0 Å². The highest BCUT2D eigenvalue weighted by molar-refractivity contribution is 5.64. The first-order valence-electron chi connectivity index (χ1n) is 11.5. The lowest BCUT2D eigenvalue weighted by Gasteiger charge is -2.30. The first kappa shape index (κ1) is 25.4. The molecule has 3 heteroatoms. The zero-order valence-corrected chi connectivity index (χ0v) is 18.2. The number of carboxylic acids is 1. The summed E-state index contributed by atoms with van der Waals surface area (Å²) in [6, 6.07) is 0. The second kappa shape index (κ2) is 17.8. The van der Waals surface area contributed by atoms with Gasteiger partial charge in [-0.1, -0.05) is 96.8 Å². The Balaban J connectivity index is 3.21. The van der Waals surface area contributed by atoms with E-state index in [0.29, 0.717) is 6.54 Å². The molecule has 3 nitrogen and oxygen atoms in total. The quantitative estimate of drug-likeness (QED) is 0.211. The van der Waals surface area contributed by atoms with E-state index in [9.17, 15) is 9.90 Å². The van der Waals surface area contributed by atoms with Crippen molar-refractivity contribution in [2.75, 3.05) is 27.2 Å². The van der Waals surface area contributed by atoms with Crippen LogP contribution in [0.15, 0.2) is 0 Å². The maximum absolute atomic E-state index is 10.5. The van der Waals surface area contributed by atoms with Gasteiger partial charge in [-0.2, -0.15) is 0 Å². The monoisotopic (exact) mass is 369 g/mol. The van der Waals surface area contributed by atoms with Gasteiger partial charge in [-0.05, 0) is 12.8 Å². The van der Waals surface area contributed by atoms with Crippen molar-refractivity contribution in [2.24, 2.45) is 0 Å². The van der Waals surface area contributed by atoms with Crippen LogP contribution >= 0.6 is 0 Å². The van der Waals surface area contributed by atoms with E-state index in [-0.39, 0.29) is 6.42 Å². The number of unbranched alkanes of at least 4 members (excludes halogenated alkanes) is 15. The summed E-state index contributed by atoms with van der Waals surface area (Å²) in [5.41, 5.74) is 0. The Hall–Kier alpha value is -0.570. The van der Waals surface area contributed by atoms with E-state index in [1.54, 1.807) is 0 Å². The lowest BCUT2D eigenvalue weighted by molar-refractivity contribution is -0.890. The number of aliphatic carboxylic acids is 1. The van der Waals surface area contributed by atoms with Crippen molar-refractivity contribution in [3.63, 3.8) is 0 Å². The molecule has 0 saturated heterocycles. The predicted octanol–water partition coefficient (Wildman–Crippen LogP) is 5.46. The number of rotatable bonds is 20. The largest absolute Gasteiger partial charge is 0.550 e. The van der Waals surface area contributed by atoms with Crippen molar-refractivity contribution in [1.82, 2.24) is 0 Å². The van der Waals surface area contributed by atoms with Crippen LogP contribution < -0.4 is 5.11 Å². The van der Waals surface area contributed by atoms with Crippen molar-refractivity contribution in [3.8, 4) is 0 Å². The van der Waals surface area contributed by atoms with Crippen molar-refractivity contribution >= 4 is 5.97 Å². The Morgan fingerprint density at radius 1 is 0.615 bits per heavy atom. The van der Waals surface area contributed by atoms with Gasteiger partial charge in [-0.15, -0.1) is 0 Å². The average Bonchev–Trinajstić information content (AvgIpc) is 2.60. The summed E-state index contributed by atoms with van der Waals surface area (Å²) in [6.45, 7) is 4.04. The lowest BCUT2D eigenvalue weighted by atomic mass is 10.0. The van der Waals surface area contributed by atoms with E-state index in [1.807, 2.05) is 0 Å². The van der Waals surface area contributed by atoms with Gasteiger partial charge in [0.1, 0.15) is 0 Å². The van der Waals surface area contributed by atoms with Crippen LogP contribution in [0.25, 0.3) is 0 Å². The molecule has 0 aliphatic rings. The third kappa shape index (κ3) is 19.8. The zero-order chi connectivity index (χ0) is 19.5. The number of quaternary nitrogens is 1. The average molecular weight is 370 g/mol. The van der Waals surface area contributed by atoms with Gasteiger partial charge in [0.15, 0.2) is 0 Å². The molecule has 0 unspecified atom stereocenters. The Morgan fingerprint density at radius 3 is 1.31 bits per heavy atom. The SMILES string of the molecule is CCCCCCCCCCCCCCCCCC[N+](C)(C)CCC(=O)[O-]. The van der Waals surface area contributed by atoms with Crippen LogP contribution in [0.5, 0.6) is 0 Å². The highest BCUT2D eigenvalue weighted by Crippen LogP contribution is 2.14. The van der Waals surface area contributed by atoms with E-state index < -0.39 is 5.97 Å². The molecule has 0 fully saturated rings. The van der Waals surface area contributed by atoms with Crippen LogP contribution in [0.1, 0.15) is 116 Å². The summed E-state index contributed by atoms with van der Waals surface area (Å²) in [7, 11) is 4.24. The van der Waals surface area contributed by atoms with E-state index in [4.69, 9.17) is 0 Å². The van der Waals surface area contributed by atoms with Gasteiger partial charge >= 0.3 is 0 Å². The maximum atomic E-state index is 10.5. The van der Waals surface area contributed by atoms with Crippen molar-refractivity contribution in [1.29, 1.82) is 0 Å². The van der Waals surface area contributed by atoms with Gasteiger partial charge in [0.2, 0.25) is 0 Å². The minimum absolute atomic E-state index is 0.172. The van der Waals surface area contributed by atoms with Gasteiger partial charge in [0.25, 0.3) is 0 Å². The van der Waals surface area contributed by atoms with Gasteiger partial charge in [-0.25, -0.2) is 0 Å². The third-order valence-electron chi connectivity index (χ3n) is 5.54. The maximum Gasteiger partial charge on any atom is 0.0835 e. The van der Waals surface area contributed by atoms with Crippen molar-refractivity contribution < 1.29 is 14.4 Å². The molecular formula is C23H47NO2. The van der Waals surface area contributed by atoms with Crippen LogP contribution in [-0.4, -0.2) is 37.6 Å². The standard InChI is InChI=1S/C23H47NO2/c1-4-5-6-7-8-9-10-11-12-13-14-15-16-17-18-19-21-24(2,3)22-20-23(25)26/h4-22H2,1-3H3. The zero-order valence-electron chi connectivity index (χ0n) is 18.2. The van der Waals surface area contributed by atoms with Crippen LogP contribution in [0, 0.1) is 0 Å². The molecule has 0 aliphatic carbocycles. The van der Waals surface area contributed by atoms with Crippen LogP contribution in [0.4, 0.5) is 0 Å². The molecule has 0 aliphatic heterocycles. The number of carbonyl (C=O) groups excluding carboxylic acids is 1. The van der Waals surface area contributed by atoms with Crippen LogP contribution in [-0.2, 0) is 4.79 Å². The summed E-state index contributed by atoms with van der Waals surface area (Å²) in [5.74, 6) is -0.928. The molecule has 156 valence electrons. The smallest absolute Gasteiger partial charge is 0.0835 e. The topological polar surface area (TPSA) is 40.1 Å². The molecule has 0 aromatic rings. The van der Waals surface area contributed by atoms with E-state index in [2.05, 4.69) is 21.0 Å². The molecule has 0 spiro atoms. The van der Waals surface area contributed by atoms with Gasteiger partial charge in [-0.3, -0.25) is 0 Å². The minimum atomic E-state index is -0.928. The molecule has 0 saturated carbocycles. The Bertz CT molecular complexity index is 315.